The lowest BCUT2D eigenvalue weighted by atomic mass is 10.3. The molecule has 0 amide bonds. The van der Waals surface area contributed by atoms with Gasteiger partial charge < -0.3 is 0 Å². The molecule has 0 aliphatic rings. The lowest BCUT2D eigenvalue weighted by Crippen LogP contribution is -1.97. The summed E-state index contributed by atoms with van der Waals surface area (Å²) in [5, 5.41) is 0. The minimum absolute atomic E-state index is 0.0764. The first kappa shape index (κ1) is 8.61. The number of thiazole rings is 1. The van der Waals surface area contributed by atoms with Gasteiger partial charge in [0.15, 0.2) is 0 Å². The third-order valence-corrected chi connectivity index (χ3v) is 3.50. The Hall–Kier alpha value is -0.980. The van der Waals surface area contributed by atoms with E-state index in [1.165, 1.54) is 17.4 Å². The molecule has 0 aliphatic heterocycles. The molecule has 0 saturated heterocycles. The van der Waals surface area contributed by atoms with Crippen LogP contribution in [0.5, 0.6) is 0 Å². The van der Waals surface area contributed by atoms with E-state index in [1.54, 1.807) is 17.6 Å². The predicted octanol–water partition coefficient (Wildman–Crippen LogP) is 1.54. The fourth-order valence-electron chi connectivity index (χ4n) is 1.06. The molecular weight excluding hydrogens is 210 g/mol. The van der Waals surface area contributed by atoms with Crippen molar-refractivity contribution in [2.45, 2.75) is 4.90 Å². The molecule has 0 unspecified atom stereocenters. The lowest BCUT2D eigenvalue weighted by Gasteiger charge is -1.96. The molecule has 0 spiro atoms. The summed E-state index contributed by atoms with van der Waals surface area (Å²) in [6.45, 7) is 0. The molecule has 0 saturated carbocycles. The van der Waals surface area contributed by atoms with E-state index in [0.717, 1.165) is 0 Å². The number of fused-ring (bicyclic) bond motifs is 1. The fraction of sp³-hybridized carbons (Fsp3) is 0. The summed E-state index contributed by atoms with van der Waals surface area (Å²) in [5.41, 5.74) is 2.12. The van der Waals surface area contributed by atoms with Crippen LogP contribution in [0.4, 0.5) is 0 Å². The Bertz CT molecular complexity index is 544. The van der Waals surface area contributed by atoms with Gasteiger partial charge in [0.2, 0.25) is 0 Å². The maximum Gasteiger partial charge on any atom is 0.296 e. The topological polar surface area (TPSA) is 67.3 Å². The summed E-state index contributed by atoms with van der Waals surface area (Å²) in [5.74, 6) is 0. The zero-order valence-electron chi connectivity index (χ0n) is 6.34. The van der Waals surface area contributed by atoms with E-state index in [0.29, 0.717) is 10.2 Å². The largest absolute Gasteiger partial charge is 0.296 e. The van der Waals surface area contributed by atoms with Crippen molar-refractivity contribution in [3.05, 3.63) is 23.7 Å². The Morgan fingerprint density at radius 1 is 1.38 bits per heavy atom. The summed E-state index contributed by atoms with van der Waals surface area (Å²) in [7, 11) is -4.13. The van der Waals surface area contributed by atoms with Crippen LogP contribution in [0.3, 0.4) is 0 Å². The Labute approximate surface area is 78.6 Å². The Balaban J connectivity index is 2.91. The van der Waals surface area contributed by atoms with Gasteiger partial charge in [0.05, 0.1) is 15.7 Å². The van der Waals surface area contributed by atoms with Crippen LogP contribution in [-0.4, -0.2) is 18.0 Å². The van der Waals surface area contributed by atoms with Gasteiger partial charge >= 0.3 is 0 Å². The van der Waals surface area contributed by atoms with Gasteiger partial charge in [-0.2, -0.15) is 8.42 Å². The molecule has 1 N–H and O–H groups in total. The Morgan fingerprint density at radius 3 is 2.85 bits per heavy atom. The Kier molecular flexibility index (Phi) is 1.83. The van der Waals surface area contributed by atoms with Crippen molar-refractivity contribution in [1.29, 1.82) is 0 Å². The highest BCUT2D eigenvalue weighted by molar-refractivity contribution is 7.86. The number of rotatable bonds is 1. The van der Waals surface area contributed by atoms with Crippen molar-refractivity contribution in [2.24, 2.45) is 0 Å². The van der Waals surface area contributed by atoms with Gasteiger partial charge in [0, 0.05) is 0 Å². The monoisotopic (exact) mass is 215 g/mol. The maximum absolute atomic E-state index is 10.9. The van der Waals surface area contributed by atoms with Crippen molar-refractivity contribution < 1.29 is 13.0 Å². The molecule has 0 aliphatic carbocycles. The Morgan fingerprint density at radius 2 is 2.15 bits per heavy atom. The highest BCUT2D eigenvalue weighted by Crippen LogP contribution is 2.25. The molecular formula is C7H5NO3S2. The second-order valence-corrected chi connectivity index (χ2v) is 4.68. The van der Waals surface area contributed by atoms with Crippen LogP contribution >= 0.6 is 11.3 Å². The predicted molar refractivity (Wildman–Crippen MR) is 49.4 cm³/mol. The first-order chi connectivity index (χ1) is 6.09. The van der Waals surface area contributed by atoms with Crippen molar-refractivity contribution in [3.63, 3.8) is 0 Å². The number of benzene rings is 1. The van der Waals surface area contributed by atoms with E-state index in [-0.39, 0.29) is 4.90 Å². The third kappa shape index (κ3) is 1.43. The second kappa shape index (κ2) is 2.76. The minimum atomic E-state index is -4.13. The molecule has 2 rings (SSSR count). The third-order valence-electron chi connectivity index (χ3n) is 1.60. The first-order valence-corrected chi connectivity index (χ1v) is 5.71. The van der Waals surface area contributed by atoms with Gasteiger partial charge in [-0.25, -0.2) is 4.98 Å². The molecule has 68 valence electrons. The fourth-order valence-corrected chi connectivity index (χ4v) is 2.81. The van der Waals surface area contributed by atoms with Crippen LogP contribution in [0.2, 0.25) is 0 Å². The molecule has 0 radical (unpaired) electrons. The second-order valence-electron chi connectivity index (χ2n) is 2.43. The quantitative estimate of drug-likeness (QED) is 0.733. The van der Waals surface area contributed by atoms with E-state index in [2.05, 4.69) is 4.98 Å². The van der Waals surface area contributed by atoms with E-state index < -0.39 is 10.1 Å². The molecule has 0 bridgehead atoms. The van der Waals surface area contributed by atoms with Crippen molar-refractivity contribution >= 4 is 31.7 Å². The van der Waals surface area contributed by atoms with Crippen molar-refractivity contribution in [1.82, 2.24) is 4.98 Å². The number of hydrogen-bond donors (Lipinski definition) is 1. The molecule has 0 fully saturated rings. The molecule has 4 nitrogen and oxygen atoms in total. The standard InChI is InChI=1S/C7H5NO3S2/c9-13(10,11)6-3-1-2-5-7(6)12-4-8-5/h1-4H,(H,9,10,11). The summed E-state index contributed by atoms with van der Waals surface area (Å²) < 4.78 is 31.1. The average Bonchev–Trinajstić information content (AvgIpc) is 2.48. The number of hydrogen-bond acceptors (Lipinski definition) is 4. The van der Waals surface area contributed by atoms with Crippen LogP contribution in [0, 0.1) is 0 Å². The van der Waals surface area contributed by atoms with Gasteiger partial charge in [-0.1, -0.05) is 6.07 Å². The van der Waals surface area contributed by atoms with Crippen molar-refractivity contribution in [3.8, 4) is 0 Å². The normalized spacial score (nSPS) is 12.1. The SMILES string of the molecule is O=S(=O)(O)c1cccc2ncsc12. The van der Waals surface area contributed by atoms with Crippen LogP contribution in [0.15, 0.2) is 28.6 Å². The molecule has 1 aromatic heterocycles. The zero-order chi connectivity index (χ0) is 9.47. The van der Waals surface area contributed by atoms with Crippen LogP contribution < -0.4 is 0 Å². The number of aromatic nitrogens is 1. The van der Waals surface area contributed by atoms with E-state index in [4.69, 9.17) is 4.55 Å². The van der Waals surface area contributed by atoms with Gasteiger partial charge in [-0.05, 0) is 12.1 Å². The van der Waals surface area contributed by atoms with Crippen LogP contribution in [0.1, 0.15) is 0 Å². The summed E-state index contributed by atoms with van der Waals surface area (Å²) in [6, 6.07) is 4.60. The van der Waals surface area contributed by atoms with Gasteiger partial charge in [-0.15, -0.1) is 11.3 Å². The van der Waals surface area contributed by atoms with E-state index in [1.807, 2.05) is 0 Å². The molecule has 1 heterocycles. The lowest BCUT2D eigenvalue weighted by molar-refractivity contribution is 0.484. The minimum Gasteiger partial charge on any atom is -0.282 e. The molecule has 1 aromatic carbocycles. The van der Waals surface area contributed by atoms with Gasteiger partial charge in [-0.3, -0.25) is 4.55 Å². The molecule has 2 aromatic rings. The van der Waals surface area contributed by atoms with Crippen molar-refractivity contribution in [2.75, 3.05) is 0 Å². The first-order valence-electron chi connectivity index (χ1n) is 3.39. The van der Waals surface area contributed by atoms with E-state index >= 15 is 0 Å². The van der Waals surface area contributed by atoms with Gasteiger partial charge in [0.1, 0.15) is 4.90 Å². The summed E-state index contributed by atoms with van der Waals surface area (Å²) in [4.78, 5) is 3.86. The summed E-state index contributed by atoms with van der Waals surface area (Å²) in [6.07, 6.45) is 0. The highest BCUT2D eigenvalue weighted by atomic mass is 32.2. The zero-order valence-corrected chi connectivity index (χ0v) is 7.97. The van der Waals surface area contributed by atoms with Crippen LogP contribution in [-0.2, 0) is 10.1 Å². The summed E-state index contributed by atoms with van der Waals surface area (Å²) >= 11 is 1.19. The van der Waals surface area contributed by atoms with E-state index in [9.17, 15) is 8.42 Å². The molecule has 0 atom stereocenters. The average molecular weight is 215 g/mol. The van der Waals surface area contributed by atoms with Gasteiger partial charge in [0.25, 0.3) is 10.1 Å². The highest BCUT2D eigenvalue weighted by Gasteiger charge is 2.14. The smallest absolute Gasteiger partial charge is 0.282 e. The number of nitrogens with zero attached hydrogens (tertiary/aromatic N) is 1. The molecule has 13 heavy (non-hydrogen) atoms. The molecule has 6 heteroatoms. The maximum atomic E-state index is 10.9. The van der Waals surface area contributed by atoms with Crippen LogP contribution in [0.25, 0.3) is 10.2 Å².